The van der Waals surface area contributed by atoms with Gasteiger partial charge in [-0.3, -0.25) is 9.98 Å². The van der Waals surface area contributed by atoms with Gasteiger partial charge in [-0.25, -0.2) is 0 Å². The number of aliphatic hydroxyl groups is 1. The molecular formula is C65H55MnN2O5-. The molecule has 7 nitrogen and oxygen atoms in total. The van der Waals surface area contributed by atoms with Crippen LogP contribution in [0.2, 0.25) is 0 Å². The van der Waals surface area contributed by atoms with E-state index in [-0.39, 0.29) is 47.3 Å². The quantitative estimate of drug-likeness (QED) is 0.0879. The molecule has 8 heteroatoms. The number of aliphatic hydroxyl groups excluding tert-OH is 1. The van der Waals surface area contributed by atoms with Crippen LogP contribution in [0.4, 0.5) is 0 Å². The number of phenolic OH excluding ortho intramolecular Hbond substituents is 2. The number of carboxylic acid groups (broad SMARTS) is 1. The number of rotatable bonds is 11. The number of benzene rings is 10. The maximum atomic E-state index is 12.6. The summed E-state index contributed by atoms with van der Waals surface area (Å²) in [6.45, 7) is 1.10. The van der Waals surface area contributed by atoms with Crippen molar-refractivity contribution in [1.82, 2.24) is 0 Å². The van der Waals surface area contributed by atoms with Gasteiger partial charge in [-0.05, 0) is 116 Å². The topological polar surface area (TPSA) is 126 Å². The summed E-state index contributed by atoms with van der Waals surface area (Å²) < 4.78 is 0. The molecule has 11 rings (SSSR count). The van der Waals surface area contributed by atoms with Gasteiger partial charge in [0.15, 0.2) is 0 Å². The molecule has 1 radical (unpaired) electrons. The van der Waals surface area contributed by atoms with Crippen molar-refractivity contribution in [3.05, 3.63) is 205 Å². The minimum absolute atomic E-state index is 0. The van der Waals surface area contributed by atoms with E-state index in [0.29, 0.717) is 17.5 Å². The summed E-state index contributed by atoms with van der Waals surface area (Å²) in [5, 5.41) is 52.0. The van der Waals surface area contributed by atoms with E-state index in [9.17, 15) is 15.3 Å². The smallest absolute Gasteiger partial charge is 0.132 e. The minimum atomic E-state index is -1.08. The Balaban J connectivity index is 0.00000127. The van der Waals surface area contributed by atoms with Crippen molar-refractivity contribution in [2.75, 3.05) is 6.61 Å². The molecule has 0 aromatic heterocycles. The molecule has 1 saturated carbocycles. The van der Waals surface area contributed by atoms with Crippen molar-refractivity contribution in [3.63, 3.8) is 0 Å². The van der Waals surface area contributed by atoms with Crippen LogP contribution in [0.25, 0.3) is 87.6 Å². The number of nitrogens with zero attached hydrogens (tertiary/aromatic N) is 2. The van der Waals surface area contributed by atoms with Crippen LogP contribution in [0, 0.1) is 0 Å². The van der Waals surface area contributed by atoms with Crippen molar-refractivity contribution >= 4 is 61.5 Å². The molecule has 0 spiro atoms. The third kappa shape index (κ3) is 10.6. The second-order valence-corrected chi connectivity index (χ2v) is 18.6. The van der Waals surface area contributed by atoms with E-state index in [1.165, 1.54) is 0 Å². The van der Waals surface area contributed by atoms with Gasteiger partial charge in [0.05, 0.1) is 12.1 Å². The van der Waals surface area contributed by atoms with Crippen LogP contribution in [0.1, 0.15) is 55.7 Å². The molecule has 0 bridgehead atoms. The number of phenols is 2. The summed E-state index contributed by atoms with van der Waals surface area (Å²) in [7, 11) is 0. The van der Waals surface area contributed by atoms with E-state index in [4.69, 9.17) is 19.9 Å². The fraction of sp³-hybridized carbons (Fsp3) is 0.154. The first kappa shape index (κ1) is 50.1. The third-order valence-electron chi connectivity index (χ3n) is 13.9. The molecule has 73 heavy (non-hydrogen) atoms. The average Bonchev–Trinajstić information content (AvgIpc) is 3.41. The van der Waals surface area contributed by atoms with Gasteiger partial charge in [-0.15, -0.1) is 0 Å². The van der Waals surface area contributed by atoms with Crippen molar-refractivity contribution in [2.24, 2.45) is 9.98 Å². The zero-order valence-corrected chi connectivity index (χ0v) is 41.8. The van der Waals surface area contributed by atoms with Crippen molar-refractivity contribution < 1.29 is 42.3 Å². The Kier molecular flexibility index (Phi) is 15.6. The predicted octanol–water partition coefficient (Wildman–Crippen LogP) is 13.9. The van der Waals surface area contributed by atoms with E-state index in [1.54, 1.807) is 0 Å². The van der Waals surface area contributed by atoms with E-state index in [0.717, 1.165) is 132 Å². The van der Waals surface area contributed by atoms with Crippen molar-refractivity contribution in [3.8, 4) is 56.0 Å². The zero-order valence-electron chi connectivity index (χ0n) is 40.6. The number of carbonyl (C=O) groups is 1. The molecule has 0 saturated heterocycles. The molecule has 0 amide bonds. The van der Waals surface area contributed by atoms with E-state index in [1.807, 2.05) is 42.8 Å². The number of aryl methyl sites for hydroxylation is 1. The summed E-state index contributed by atoms with van der Waals surface area (Å²) in [6, 6.07) is 64.8. The monoisotopic (exact) mass is 998 g/mol. The number of aromatic hydroxyl groups is 2. The van der Waals surface area contributed by atoms with Gasteiger partial charge in [-0.1, -0.05) is 189 Å². The molecule has 1 aliphatic carbocycles. The van der Waals surface area contributed by atoms with Gasteiger partial charge in [0.1, 0.15) is 11.5 Å². The minimum Gasteiger partial charge on any atom is -0.550 e. The van der Waals surface area contributed by atoms with Crippen LogP contribution >= 0.6 is 0 Å². The fourth-order valence-electron chi connectivity index (χ4n) is 10.6. The first-order chi connectivity index (χ1) is 35.3. The number of carboxylic acids is 1. The SMILES string of the molecule is CC(=O)[O-].OCCCc1ccc2c(-c3c(-c4ccccc4)ccc4ccccc34)c(O)c(C=N[C@H]3CCCC[C@@H]3N=Cc3cc4ccccc4c(-c4c(-c5ccccc5)ccc5ccccc45)c3O)cc2c1.[Mn]. The Bertz CT molecular complexity index is 3660. The number of hydrogen-bond acceptors (Lipinski definition) is 7. The Morgan fingerprint density at radius 2 is 0.932 bits per heavy atom. The maximum absolute atomic E-state index is 12.6. The van der Waals surface area contributed by atoms with Gasteiger partial charge in [0, 0.05) is 75.5 Å². The standard InChI is InChI=1S/C63H52N2O3.C2H4O2.Mn/c66-35-15-16-41-29-32-55-47(36-41)38-49(63(68)61(55)59-51-25-11-8-22-45(51)31-34-54(59)43-19-5-2-6-20-43)40-65-57-28-14-13-27-56(57)64-39-48-37-46-23-9-12-26-52(46)60(62(48)67)58-50-24-10-7-21-44(50)30-33-53(58)42-17-3-1-4-18-42;1-2(3)4;/h1-12,17-26,29-34,36-40,56-57,66-68H,13-16,27-28,35H2;1H3,(H,3,4);/p-1/t56-,57-;;/m0../s1. The van der Waals surface area contributed by atoms with Gasteiger partial charge >= 0.3 is 0 Å². The van der Waals surface area contributed by atoms with E-state index in [2.05, 4.69) is 158 Å². The molecule has 0 aliphatic heterocycles. The summed E-state index contributed by atoms with van der Waals surface area (Å²) >= 11 is 0. The van der Waals surface area contributed by atoms with Gasteiger partial charge in [0.25, 0.3) is 0 Å². The van der Waals surface area contributed by atoms with Crippen molar-refractivity contribution in [2.45, 2.75) is 57.5 Å². The number of hydrogen-bond donors (Lipinski definition) is 3. The molecule has 0 heterocycles. The number of carbonyl (C=O) groups excluding carboxylic acids is 1. The van der Waals surface area contributed by atoms with Crippen LogP contribution < -0.4 is 5.11 Å². The van der Waals surface area contributed by atoms with Crippen molar-refractivity contribution in [1.29, 1.82) is 0 Å². The number of aliphatic carboxylic acids is 1. The third-order valence-corrected chi connectivity index (χ3v) is 13.9. The summed E-state index contributed by atoms with van der Waals surface area (Å²) in [4.78, 5) is 19.4. The maximum Gasteiger partial charge on any atom is 0.132 e. The summed E-state index contributed by atoms with van der Waals surface area (Å²) in [5.74, 6) is -0.696. The Labute approximate surface area is 436 Å². The van der Waals surface area contributed by atoms with Crippen LogP contribution in [0.3, 0.4) is 0 Å². The fourth-order valence-corrected chi connectivity index (χ4v) is 10.6. The molecule has 10 aromatic carbocycles. The van der Waals surface area contributed by atoms with Crippen LogP contribution in [-0.4, -0.2) is 52.4 Å². The Hall–Kier alpha value is -7.87. The van der Waals surface area contributed by atoms with Gasteiger partial charge in [-0.2, -0.15) is 0 Å². The summed E-state index contributed by atoms with van der Waals surface area (Å²) in [6.07, 6.45) is 8.93. The van der Waals surface area contributed by atoms with Gasteiger partial charge in [0.2, 0.25) is 0 Å². The molecule has 1 fully saturated rings. The second kappa shape index (κ2) is 22.7. The van der Waals surface area contributed by atoms with Gasteiger partial charge < -0.3 is 25.2 Å². The first-order valence-corrected chi connectivity index (χ1v) is 24.8. The average molecular weight is 999 g/mol. The molecule has 10 aromatic rings. The Morgan fingerprint density at radius 1 is 0.521 bits per heavy atom. The van der Waals surface area contributed by atoms with E-state index >= 15 is 0 Å². The molecule has 0 unspecified atom stereocenters. The molecule has 3 N–H and O–H groups in total. The largest absolute Gasteiger partial charge is 0.550 e. The number of fused-ring (bicyclic) bond motifs is 4. The van der Waals surface area contributed by atoms with E-state index < -0.39 is 5.97 Å². The summed E-state index contributed by atoms with van der Waals surface area (Å²) in [5.41, 5.74) is 10.2. The Morgan fingerprint density at radius 3 is 1.41 bits per heavy atom. The molecule has 1 aliphatic rings. The van der Waals surface area contributed by atoms with Crippen LogP contribution in [0.15, 0.2) is 198 Å². The molecule has 2 atom stereocenters. The second-order valence-electron chi connectivity index (χ2n) is 18.6. The first-order valence-electron chi connectivity index (χ1n) is 24.8. The predicted molar refractivity (Wildman–Crippen MR) is 295 cm³/mol. The normalized spacial score (nSPS) is 14.7. The molecular weight excluding hydrogens is 944 g/mol. The number of aliphatic imine (C=N–C) groups is 2. The zero-order chi connectivity index (χ0) is 49.6. The van der Waals surface area contributed by atoms with Crippen LogP contribution in [-0.2, 0) is 28.3 Å². The van der Waals surface area contributed by atoms with Crippen LogP contribution in [0.5, 0.6) is 11.5 Å². The molecule has 363 valence electrons.